The largest absolute Gasteiger partial charge is 0.377 e. The second-order valence-corrected chi connectivity index (χ2v) is 9.46. The van der Waals surface area contributed by atoms with E-state index in [0.717, 1.165) is 38.7 Å². The van der Waals surface area contributed by atoms with E-state index < -0.39 is 0 Å². The molecule has 2 saturated carbocycles. The molecule has 2 saturated heterocycles. The average molecular weight is 524 g/mol. The third kappa shape index (κ3) is 4.24. The van der Waals surface area contributed by atoms with E-state index in [2.05, 4.69) is 52.8 Å². The highest BCUT2D eigenvalue weighted by Crippen LogP contribution is 2.62. The molecule has 2 N–H and O–H groups in total. The number of guanidine groups is 1. The molecule has 0 aromatic heterocycles. The second kappa shape index (κ2) is 9.74. The monoisotopic (exact) mass is 524 g/mol. The minimum Gasteiger partial charge on any atom is -0.377 e. The number of aliphatic imine (C=N–C) groups is 1. The fourth-order valence-corrected chi connectivity index (χ4v) is 6.16. The van der Waals surface area contributed by atoms with Gasteiger partial charge in [0.15, 0.2) is 5.96 Å². The number of hydrogen-bond acceptors (Lipinski definition) is 3. The minimum atomic E-state index is 0. The quantitative estimate of drug-likeness (QED) is 0.350. The Kier molecular flexibility index (Phi) is 7.25. The van der Waals surface area contributed by atoms with Crippen molar-refractivity contribution in [2.75, 3.05) is 26.2 Å². The summed E-state index contributed by atoms with van der Waals surface area (Å²) in [6, 6.07) is 11.9. The van der Waals surface area contributed by atoms with E-state index in [4.69, 9.17) is 9.73 Å². The third-order valence-electron chi connectivity index (χ3n) is 7.82. The van der Waals surface area contributed by atoms with E-state index >= 15 is 0 Å². The molecular weight excluding hydrogens is 487 g/mol. The molecule has 5 nitrogen and oxygen atoms in total. The van der Waals surface area contributed by atoms with Crippen molar-refractivity contribution < 1.29 is 4.74 Å². The maximum Gasteiger partial charge on any atom is 0.191 e. The number of hydrogen-bond donors (Lipinski definition) is 2. The summed E-state index contributed by atoms with van der Waals surface area (Å²) in [5.74, 6) is 1.72. The number of ether oxygens (including phenoxy) is 1. The van der Waals surface area contributed by atoms with E-state index in [1.807, 2.05) is 0 Å². The maximum absolute atomic E-state index is 6.09. The molecule has 1 aromatic rings. The van der Waals surface area contributed by atoms with E-state index in [1.54, 1.807) is 0 Å². The topological polar surface area (TPSA) is 48.9 Å². The summed E-state index contributed by atoms with van der Waals surface area (Å²) in [6.07, 6.45) is 8.09. The first-order valence-electron chi connectivity index (χ1n) is 11.7. The summed E-state index contributed by atoms with van der Waals surface area (Å²) in [5.41, 5.74) is 1.81. The Hall–Kier alpha value is -0.860. The van der Waals surface area contributed by atoms with Crippen LogP contribution in [0.3, 0.4) is 0 Å². The molecular formula is C24H37IN4O. The zero-order valence-corrected chi connectivity index (χ0v) is 20.5. The predicted octanol–water partition coefficient (Wildman–Crippen LogP) is 3.78. The molecule has 2 aliphatic heterocycles. The van der Waals surface area contributed by atoms with Crippen LogP contribution < -0.4 is 10.6 Å². The zero-order chi connectivity index (χ0) is 19.7. The van der Waals surface area contributed by atoms with Crippen molar-refractivity contribution in [1.29, 1.82) is 0 Å². The van der Waals surface area contributed by atoms with E-state index in [0.29, 0.717) is 29.5 Å². The number of rotatable bonds is 5. The van der Waals surface area contributed by atoms with Gasteiger partial charge in [-0.3, -0.25) is 9.89 Å². The molecule has 0 radical (unpaired) electrons. The molecule has 1 spiro atoms. The first-order chi connectivity index (χ1) is 14.3. The zero-order valence-electron chi connectivity index (χ0n) is 18.2. The van der Waals surface area contributed by atoms with Gasteiger partial charge in [0.25, 0.3) is 0 Å². The predicted molar refractivity (Wildman–Crippen MR) is 132 cm³/mol. The van der Waals surface area contributed by atoms with Gasteiger partial charge in [0.05, 0.1) is 6.10 Å². The lowest BCUT2D eigenvalue weighted by molar-refractivity contribution is -0.171. The standard InChI is InChI=1S/C24H36N4O.HI/c1-2-25-23(27-21-20-11-16-29-22(20)24(21)12-6-13-24)26-19-9-14-28(15-10-19)17-18-7-4-3-5-8-18;/h3-5,7-8,19-22H,2,6,9-17H2,1H3,(H2,25,26,27);1H. The molecule has 0 bridgehead atoms. The Morgan fingerprint density at radius 3 is 2.57 bits per heavy atom. The lowest BCUT2D eigenvalue weighted by Crippen LogP contribution is -2.72. The number of nitrogens with zero attached hydrogens (tertiary/aromatic N) is 2. The smallest absolute Gasteiger partial charge is 0.191 e. The van der Waals surface area contributed by atoms with Gasteiger partial charge in [-0.1, -0.05) is 36.8 Å². The minimum absolute atomic E-state index is 0. The highest BCUT2D eigenvalue weighted by molar-refractivity contribution is 14.0. The Bertz CT molecular complexity index is 715. The summed E-state index contributed by atoms with van der Waals surface area (Å²) in [5, 5.41) is 7.64. The first kappa shape index (κ1) is 22.3. The van der Waals surface area contributed by atoms with E-state index in [-0.39, 0.29) is 24.0 Å². The molecule has 4 fully saturated rings. The molecule has 2 heterocycles. The van der Waals surface area contributed by atoms with Gasteiger partial charge < -0.3 is 15.4 Å². The molecule has 3 unspecified atom stereocenters. The average Bonchev–Trinajstić information content (AvgIpc) is 3.12. The summed E-state index contributed by atoms with van der Waals surface area (Å²) in [6.45, 7) is 7.27. The van der Waals surface area contributed by atoms with Gasteiger partial charge in [-0.2, -0.15) is 0 Å². The fourth-order valence-electron chi connectivity index (χ4n) is 6.16. The van der Waals surface area contributed by atoms with Gasteiger partial charge in [-0.15, -0.1) is 24.0 Å². The number of halogens is 1. The summed E-state index contributed by atoms with van der Waals surface area (Å²) in [4.78, 5) is 7.38. The summed E-state index contributed by atoms with van der Waals surface area (Å²) in [7, 11) is 0. The molecule has 30 heavy (non-hydrogen) atoms. The van der Waals surface area contributed by atoms with Crippen molar-refractivity contribution >= 4 is 29.9 Å². The molecule has 166 valence electrons. The van der Waals surface area contributed by atoms with Crippen molar-refractivity contribution in [3.8, 4) is 0 Å². The number of benzene rings is 1. The lowest BCUT2D eigenvalue weighted by atomic mass is 9.46. The number of fused-ring (bicyclic) bond motifs is 2. The molecule has 3 atom stereocenters. The van der Waals surface area contributed by atoms with Crippen LogP contribution in [0.4, 0.5) is 0 Å². The summed E-state index contributed by atoms with van der Waals surface area (Å²) < 4.78 is 6.09. The van der Waals surface area contributed by atoms with Crippen LogP contribution in [0.5, 0.6) is 0 Å². The van der Waals surface area contributed by atoms with Crippen LogP contribution in [-0.2, 0) is 11.3 Å². The van der Waals surface area contributed by atoms with Gasteiger partial charge in [0, 0.05) is 56.2 Å². The lowest BCUT2D eigenvalue weighted by Gasteiger charge is -2.63. The van der Waals surface area contributed by atoms with Crippen LogP contribution in [0.2, 0.25) is 0 Å². The van der Waals surface area contributed by atoms with Crippen LogP contribution in [0.15, 0.2) is 35.3 Å². The highest BCUT2D eigenvalue weighted by Gasteiger charge is 2.66. The first-order valence-corrected chi connectivity index (χ1v) is 11.7. The Morgan fingerprint density at radius 1 is 1.13 bits per heavy atom. The highest BCUT2D eigenvalue weighted by atomic mass is 127. The van der Waals surface area contributed by atoms with Crippen LogP contribution in [-0.4, -0.2) is 55.3 Å². The molecule has 0 amide bonds. The van der Waals surface area contributed by atoms with Crippen molar-refractivity contribution in [3.05, 3.63) is 35.9 Å². The summed E-state index contributed by atoms with van der Waals surface area (Å²) >= 11 is 0. The van der Waals surface area contributed by atoms with Crippen LogP contribution in [0, 0.1) is 11.3 Å². The van der Waals surface area contributed by atoms with Crippen LogP contribution in [0.25, 0.3) is 0 Å². The van der Waals surface area contributed by atoms with Gasteiger partial charge in [-0.05, 0) is 44.6 Å². The molecule has 2 aliphatic carbocycles. The third-order valence-corrected chi connectivity index (χ3v) is 7.82. The molecule has 6 heteroatoms. The van der Waals surface area contributed by atoms with Crippen LogP contribution in [0.1, 0.15) is 51.0 Å². The number of nitrogens with one attached hydrogen (secondary N) is 2. The number of piperidine rings is 1. The van der Waals surface area contributed by atoms with Crippen molar-refractivity contribution in [3.63, 3.8) is 0 Å². The van der Waals surface area contributed by atoms with E-state index in [9.17, 15) is 0 Å². The van der Waals surface area contributed by atoms with Crippen molar-refractivity contribution in [2.45, 2.75) is 70.2 Å². The SMILES string of the molecule is CCN=C(NC1CCN(Cc2ccccc2)CC1)NC1C2CCOC2C12CCC2.I. The van der Waals surface area contributed by atoms with Gasteiger partial charge >= 0.3 is 0 Å². The molecule has 4 aliphatic rings. The van der Waals surface area contributed by atoms with Crippen LogP contribution >= 0.6 is 24.0 Å². The van der Waals surface area contributed by atoms with Gasteiger partial charge in [0.1, 0.15) is 0 Å². The molecule has 5 rings (SSSR count). The molecule has 1 aromatic carbocycles. The Morgan fingerprint density at radius 2 is 1.90 bits per heavy atom. The Balaban J connectivity index is 0.00000218. The maximum atomic E-state index is 6.09. The normalized spacial score (nSPS) is 30.7. The van der Waals surface area contributed by atoms with Gasteiger partial charge in [0.2, 0.25) is 0 Å². The van der Waals surface area contributed by atoms with Crippen molar-refractivity contribution in [1.82, 2.24) is 15.5 Å². The van der Waals surface area contributed by atoms with Gasteiger partial charge in [-0.25, -0.2) is 0 Å². The van der Waals surface area contributed by atoms with Crippen molar-refractivity contribution in [2.24, 2.45) is 16.3 Å². The second-order valence-electron chi connectivity index (χ2n) is 9.46. The Labute approximate surface area is 198 Å². The van der Waals surface area contributed by atoms with E-state index in [1.165, 1.54) is 44.1 Å². The number of likely N-dealkylation sites (tertiary alicyclic amines) is 1. The fraction of sp³-hybridized carbons (Fsp3) is 0.708.